The zero-order chi connectivity index (χ0) is 16.5. The number of aryl methyl sites for hydroxylation is 2. The molecule has 0 radical (unpaired) electrons. The molecule has 0 aliphatic carbocycles. The van der Waals surface area contributed by atoms with Crippen LogP contribution < -0.4 is 0 Å². The van der Waals surface area contributed by atoms with Crippen LogP contribution in [0.15, 0.2) is 24.3 Å². The van der Waals surface area contributed by atoms with Crippen LogP contribution in [0.1, 0.15) is 83.3 Å². The average molecular weight is 317 g/mol. The minimum atomic E-state index is 0.103. The fourth-order valence-electron chi connectivity index (χ4n) is 3.69. The molecule has 1 heteroatoms. The van der Waals surface area contributed by atoms with Gasteiger partial charge in [-0.1, -0.05) is 63.3 Å². The van der Waals surface area contributed by atoms with E-state index in [1.807, 2.05) is 0 Å². The molecule has 0 N–H and O–H groups in total. The summed E-state index contributed by atoms with van der Waals surface area (Å²) < 4.78 is 5.84. The lowest BCUT2D eigenvalue weighted by Gasteiger charge is -2.15. The highest BCUT2D eigenvalue weighted by molar-refractivity contribution is 5.22. The maximum absolute atomic E-state index is 5.84. The maximum Gasteiger partial charge on any atom is 0.0630 e. The van der Waals surface area contributed by atoms with Crippen molar-refractivity contribution in [1.82, 2.24) is 0 Å². The Bertz CT molecular complexity index is 432. The Morgan fingerprint density at radius 3 is 2.13 bits per heavy atom. The van der Waals surface area contributed by atoms with Crippen molar-refractivity contribution in [1.29, 1.82) is 0 Å². The second-order valence-electron chi connectivity index (χ2n) is 8.01. The smallest absolute Gasteiger partial charge is 0.0630 e. The molecule has 0 saturated carbocycles. The summed E-state index contributed by atoms with van der Waals surface area (Å²) in [7, 11) is 0. The van der Waals surface area contributed by atoms with Crippen LogP contribution in [-0.4, -0.2) is 12.2 Å². The average Bonchev–Trinajstić information content (AvgIpc) is 2.89. The largest absolute Gasteiger partial charge is 0.375 e. The van der Waals surface area contributed by atoms with E-state index in [9.17, 15) is 0 Å². The Morgan fingerprint density at radius 2 is 1.52 bits per heavy atom. The van der Waals surface area contributed by atoms with Gasteiger partial charge in [-0.05, 0) is 63.0 Å². The number of rotatable bonds is 10. The van der Waals surface area contributed by atoms with E-state index in [1.54, 1.807) is 0 Å². The van der Waals surface area contributed by atoms with Gasteiger partial charge in [-0.3, -0.25) is 0 Å². The van der Waals surface area contributed by atoms with Gasteiger partial charge in [-0.15, -0.1) is 0 Å². The third-order valence-corrected chi connectivity index (χ3v) is 5.17. The van der Waals surface area contributed by atoms with Crippen molar-refractivity contribution in [3.05, 3.63) is 35.4 Å². The highest BCUT2D eigenvalue weighted by Crippen LogP contribution is 2.31. The van der Waals surface area contributed by atoms with Crippen molar-refractivity contribution >= 4 is 0 Å². The lowest BCUT2D eigenvalue weighted by Crippen LogP contribution is -2.16. The monoisotopic (exact) mass is 316 g/mol. The van der Waals surface area contributed by atoms with Gasteiger partial charge >= 0.3 is 0 Å². The van der Waals surface area contributed by atoms with Crippen LogP contribution >= 0.6 is 0 Å². The number of ether oxygens (including phenoxy) is 1. The molecule has 130 valence electrons. The van der Waals surface area contributed by atoms with Gasteiger partial charge in [0.25, 0.3) is 0 Å². The van der Waals surface area contributed by atoms with Gasteiger partial charge in [0.2, 0.25) is 0 Å². The van der Waals surface area contributed by atoms with Crippen LogP contribution in [0, 0.1) is 5.92 Å². The predicted octanol–water partition coefficient (Wildman–Crippen LogP) is 6.34. The Labute approximate surface area is 143 Å². The van der Waals surface area contributed by atoms with Gasteiger partial charge in [-0.2, -0.15) is 0 Å². The molecule has 0 amide bonds. The van der Waals surface area contributed by atoms with Crippen LogP contribution in [0.5, 0.6) is 0 Å². The van der Waals surface area contributed by atoms with E-state index in [1.165, 1.54) is 75.3 Å². The maximum atomic E-state index is 5.84. The van der Waals surface area contributed by atoms with Gasteiger partial charge in [-0.25, -0.2) is 0 Å². The number of unbranched alkanes of at least 4 members (excludes halogenated alkanes) is 5. The predicted molar refractivity (Wildman–Crippen MR) is 100.0 cm³/mol. The van der Waals surface area contributed by atoms with Gasteiger partial charge in [0.05, 0.1) is 12.2 Å². The molecule has 1 saturated heterocycles. The summed E-state index contributed by atoms with van der Waals surface area (Å²) >= 11 is 0. The van der Waals surface area contributed by atoms with Gasteiger partial charge in [0.1, 0.15) is 0 Å². The van der Waals surface area contributed by atoms with Crippen molar-refractivity contribution in [3.63, 3.8) is 0 Å². The lowest BCUT2D eigenvalue weighted by molar-refractivity contribution is 0.0349. The summed E-state index contributed by atoms with van der Waals surface area (Å²) in [4.78, 5) is 0. The van der Waals surface area contributed by atoms with Crippen molar-refractivity contribution in [3.8, 4) is 0 Å². The van der Waals surface area contributed by atoms with E-state index >= 15 is 0 Å². The number of hydrogen-bond donors (Lipinski definition) is 0. The molecule has 1 heterocycles. The number of benzene rings is 1. The summed E-state index contributed by atoms with van der Waals surface area (Å²) in [5, 5.41) is 0. The number of hydrogen-bond acceptors (Lipinski definition) is 1. The molecule has 1 nitrogen and oxygen atoms in total. The van der Waals surface area contributed by atoms with Crippen molar-refractivity contribution in [2.75, 3.05) is 6.61 Å². The molecule has 2 rings (SSSR count). The second kappa shape index (κ2) is 9.47. The van der Waals surface area contributed by atoms with Gasteiger partial charge in [0.15, 0.2) is 0 Å². The fraction of sp³-hybridized carbons (Fsp3) is 0.727. The van der Waals surface area contributed by atoms with Gasteiger partial charge < -0.3 is 4.74 Å². The van der Waals surface area contributed by atoms with Crippen LogP contribution in [0.4, 0.5) is 0 Å². The molecular formula is C22H36O. The first-order valence-electron chi connectivity index (χ1n) is 9.81. The van der Waals surface area contributed by atoms with E-state index < -0.39 is 0 Å². The molecule has 1 atom stereocenters. The molecule has 23 heavy (non-hydrogen) atoms. The van der Waals surface area contributed by atoms with E-state index in [0.717, 1.165) is 12.5 Å². The molecule has 1 aromatic carbocycles. The summed E-state index contributed by atoms with van der Waals surface area (Å²) in [5.41, 5.74) is 3.10. The summed E-state index contributed by atoms with van der Waals surface area (Å²) in [6.07, 6.45) is 13.2. The third-order valence-electron chi connectivity index (χ3n) is 5.17. The molecule has 0 aromatic heterocycles. The second-order valence-corrected chi connectivity index (χ2v) is 8.01. The summed E-state index contributed by atoms with van der Waals surface area (Å²) in [6, 6.07) is 9.37. The minimum Gasteiger partial charge on any atom is -0.375 e. The van der Waals surface area contributed by atoms with E-state index in [2.05, 4.69) is 45.0 Å². The zero-order valence-electron chi connectivity index (χ0n) is 15.6. The quantitative estimate of drug-likeness (QED) is 0.458. The van der Waals surface area contributed by atoms with Gasteiger partial charge in [0, 0.05) is 0 Å². The Balaban J connectivity index is 1.62. The Morgan fingerprint density at radius 1 is 0.913 bits per heavy atom. The molecule has 1 aliphatic rings. The highest BCUT2D eigenvalue weighted by atomic mass is 16.5. The molecule has 1 aliphatic heterocycles. The topological polar surface area (TPSA) is 9.23 Å². The highest BCUT2D eigenvalue weighted by Gasteiger charge is 2.31. The first-order valence-corrected chi connectivity index (χ1v) is 9.81. The summed E-state index contributed by atoms with van der Waals surface area (Å²) in [6.45, 7) is 7.65. The van der Waals surface area contributed by atoms with Crippen LogP contribution in [0.3, 0.4) is 0 Å². The van der Waals surface area contributed by atoms with Crippen molar-refractivity contribution in [2.24, 2.45) is 5.92 Å². The molecular weight excluding hydrogens is 280 g/mol. The van der Waals surface area contributed by atoms with E-state index in [0.29, 0.717) is 0 Å². The Hall–Kier alpha value is -0.820. The van der Waals surface area contributed by atoms with Crippen molar-refractivity contribution in [2.45, 2.75) is 90.6 Å². The third kappa shape index (κ3) is 7.08. The molecule has 0 spiro atoms. The van der Waals surface area contributed by atoms with E-state index in [4.69, 9.17) is 4.74 Å². The first-order chi connectivity index (χ1) is 11.1. The molecule has 0 bridgehead atoms. The zero-order valence-corrected chi connectivity index (χ0v) is 15.6. The lowest BCUT2D eigenvalue weighted by atomic mass is 9.92. The standard InChI is InChI=1S/C22H36O/c1-4-5-6-7-8-9-10-19-11-13-20(14-12-19)15-16-21-17-22(2,3)23-18-21/h11-14,21H,4-10,15-18H2,1-3H3/t21-/m0/s1. The summed E-state index contributed by atoms with van der Waals surface area (Å²) in [5.74, 6) is 0.743. The van der Waals surface area contributed by atoms with Crippen molar-refractivity contribution < 1.29 is 4.74 Å². The van der Waals surface area contributed by atoms with Crippen LogP contribution in [0.25, 0.3) is 0 Å². The van der Waals surface area contributed by atoms with Crippen LogP contribution in [0.2, 0.25) is 0 Å². The Kier molecular flexibility index (Phi) is 7.62. The first kappa shape index (κ1) is 18.5. The SMILES string of the molecule is CCCCCCCCc1ccc(CC[C@@H]2COC(C)(C)C2)cc1. The molecule has 0 unspecified atom stereocenters. The molecule has 1 fully saturated rings. The minimum absolute atomic E-state index is 0.103. The van der Waals surface area contributed by atoms with E-state index in [-0.39, 0.29) is 5.60 Å². The fourth-order valence-corrected chi connectivity index (χ4v) is 3.69. The molecule has 1 aromatic rings. The van der Waals surface area contributed by atoms with Crippen LogP contribution in [-0.2, 0) is 17.6 Å². The normalized spacial score (nSPS) is 20.0.